The molecule has 0 saturated carbocycles. The van der Waals surface area contributed by atoms with Crippen LogP contribution in [-0.2, 0) is 16.6 Å². The number of sulfonamides is 1. The second kappa shape index (κ2) is 7.71. The van der Waals surface area contributed by atoms with Crippen molar-refractivity contribution >= 4 is 10.0 Å². The van der Waals surface area contributed by atoms with Gasteiger partial charge in [-0.3, -0.25) is 0 Å². The highest BCUT2D eigenvalue weighted by molar-refractivity contribution is 7.89. The van der Waals surface area contributed by atoms with Crippen LogP contribution in [0.4, 0.5) is 4.39 Å². The van der Waals surface area contributed by atoms with Gasteiger partial charge < -0.3 is 5.73 Å². The first kappa shape index (κ1) is 17.1. The third-order valence-corrected chi connectivity index (χ3v) is 4.79. The van der Waals surface area contributed by atoms with E-state index in [1.54, 1.807) is 0 Å². The summed E-state index contributed by atoms with van der Waals surface area (Å²) in [5, 5.41) is 0. The van der Waals surface area contributed by atoms with E-state index in [4.69, 9.17) is 5.73 Å². The van der Waals surface area contributed by atoms with Gasteiger partial charge in [0.2, 0.25) is 10.0 Å². The van der Waals surface area contributed by atoms with Crippen LogP contribution in [0.2, 0.25) is 0 Å². The fraction of sp³-hybridized carbons (Fsp3) is 0.571. The molecule has 114 valence electrons. The van der Waals surface area contributed by atoms with Gasteiger partial charge in [0.25, 0.3) is 0 Å². The maximum Gasteiger partial charge on any atom is 0.240 e. The van der Waals surface area contributed by atoms with Crippen molar-refractivity contribution in [3.05, 3.63) is 29.1 Å². The summed E-state index contributed by atoms with van der Waals surface area (Å²) in [5.41, 5.74) is 6.05. The average Bonchev–Trinajstić information content (AvgIpc) is 2.41. The molecule has 0 aromatic heterocycles. The number of benzene rings is 1. The van der Waals surface area contributed by atoms with Crippen molar-refractivity contribution in [2.75, 3.05) is 6.54 Å². The van der Waals surface area contributed by atoms with E-state index in [-0.39, 0.29) is 17.0 Å². The number of nitrogens with one attached hydrogen (secondary N) is 1. The standard InChI is InChI=1S/C14H23FN2O2S/c1-3-4-5-6-7-17-20(18,19)14-9-12(10-16)8-13(15)11(14)2/h8-9,17H,3-7,10,16H2,1-2H3. The fourth-order valence-corrected chi connectivity index (χ4v) is 3.32. The van der Waals surface area contributed by atoms with Crippen LogP contribution >= 0.6 is 0 Å². The Balaban J connectivity index is 2.84. The van der Waals surface area contributed by atoms with E-state index in [9.17, 15) is 12.8 Å². The first-order chi connectivity index (χ1) is 9.42. The highest BCUT2D eigenvalue weighted by atomic mass is 32.2. The number of rotatable bonds is 8. The molecule has 3 N–H and O–H groups in total. The van der Waals surface area contributed by atoms with Crippen LogP contribution in [0, 0.1) is 12.7 Å². The predicted molar refractivity (Wildman–Crippen MR) is 78.4 cm³/mol. The molecule has 1 aromatic rings. The number of nitrogens with two attached hydrogens (primary N) is 1. The summed E-state index contributed by atoms with van der Waals surface area (Å²) in [6.45, 7) is 4.03. The highest BCUT2D eigenvalue weighted by Crippen LogP contribution is 2.20. The normalized spacial score (nSPS) is 11.8. The predicted octanol–water partition coefficient (Wildman–Crippen LogP) is 2.45. The lowest BCUT2D eigenvalue weighted by molar-refractivity contribution is 0.567. The van der Waals surface area contributed by atoms with Crippen LogP contribution < -0.4 is 10.5 Å². The van der Waals surface area contributed by atoms with Gasteiger partial charge in [0.15, 0.2) is 0 Å². The van der Waals surface area contributed by atoms with Crippen molar-refractivity contribution in [3.63, 3.8) is 0 Å². The Labute approximate surface area is 120 Å². The van der Waals surface area contributed by atoms with Crippen LogP contribution in [-0.4, -0.2) is 15.0 Å². The molecule has 0 aliphatic carbocycles. The van der Waals surface area contributed by atoms with Crippen molar-refractivity contribution in [1.82, 2.24) is 4.72 Å². The molecule has 0 amide bonds. The molecule has 1 aromatic carbocycles. The average molecular weight is 302 g/mol. The van der Waals surface area contributed by atoms with Crippen LogP contribution in [0.3, 0.4) is 0 Å². The minimum atomic E-state index is -3.68. The maximum atomic E-state index is 13.7. The summed E-state index contributed by atoms with van der Waals surface area (Å²) in [6.07, 6.45) is 3.94. The molecule has 0 saturated heterocycles. The van der Waals surface area contributed by atoms with E-state index in [1.165, 1.54) is 19.1 Å². The van der Waals surface area contributed by atoms with Crippen molar-refractivity contribution in [2.45, 2.75) is 51.0 Å². The molecule has 6 heteroatoms. The molecule has 0 fully saturated rings. The number of hydrogen-bond acceptors (Lipinski definition) is 3. The van der Waals surface area contributed by atoms with Gasteiger partial charge in [-0.15, -0.1) is 0 Å². The van der Waals surface area contributed by atoms with Crippen LogP contribution in [0.5, 0.6) is 0 Å². The van der Waals surface area contributed by atoms with Gasteiger partial charge in [-0.1, -0.05) is 26.2 Å². The van der Waals surface area contributed by atoms with Crippen molar-refractivity contribution in [1.29, 1.82) is 0 Å². The lowest BCUT2D eigenvalue weighted by atomic mass is 10.1. The van der Waals surface area contributed by atoms with E-state index < -0.39 is 15.8 Å². The minimum absolute atomic E-state index is 0.0200. The maximum absolute atomic E-state index is 13.7. The van der Waals surface area contributed by atoms with Gasteiger partial charge in [-0.05, 0) is 31.0 Å². The molecule has 0 unspecified atom stereocenters. The van der Waals surface area contributed by atoms with Crippen molar-refractivity contribution in [3.8, 4) is 0 Å². The molecule has 0 aliphatic heterocycles. The fourth-order valence-electron chi connectivity index (χ4n) is 1.94. The van der Waals surface area contributed by atoms with Crippen molar-refractivity contribution in [2.24, 2.45) is 5.73 Å². The summed E-state index contributed by atoms with van der Waals surface area (Å²) in [5.74, 6) is -0.542. The number of halogens is 1. The molecular formula is C14H23FN2O2S. The molecule has 0 radical (unpaired) electrons. The third kappa shape index (κ3) is 4.54. The lowest BCUT2D eigenvalue weighted by Crippen LogP contribution is -2.26. The first-order valence-corrected chi connectivity index (χ1v) is 8.39. The number of hydrogen-bond donors (Lipinski definition) is 2. The molecule has 0 heterocycles. The topological polar surface area (TPSA) is 72.2 Å². The van der Waals surface area contributed by atoms with Gasteiger partial charge in [0, 0.05) is 18.7 Å². The molecule has 0 bridgehead atoms. The molecule has 0 aliphatic rings. The summed E-state index contributed by atoms with van der Waals surface area (Å²) in [4.78, 5) is -0.0200. The Morgan fingerprint density at radius 3 is 2.55 bits per heavy atom. The van der Waals surface area contributed by atoms with Gasteiger partial charge in [0.05, 0.1) is 4.90 Å². The minimum Gasteiger partial charge on any atom is -0.326 e. The summed E-state index contributed by atoms with van der Waals surface area (Å²) in [6, 6.07) is 2.71. The largest absolute Gasteiger partial charge is 0.326 e. The molecular weight excluding hydrogens is 279 g/mol. The Bertz CT molecular complexity index is 544. The van der Waals surface area contributed by atoms with E-state index in [2.05, 4.69) is 11.6 Å². The van der Waals surface area contributed by atoms with Gasteiger partial charge >= 0.3 is 0 Å². The third-order valence-electron chi connectivity index (χ3n) is 3.20. The van der Waals surface area contributed by atoms with Crippen LogP contribution in [0.15, 0.2) is 17.0 Å². The van der Waals surface area contributed by atoms with E-state index in [1.807, 2.05) is 0 Å². The van der Waals surface area contributed by atoms with Gasteiger partial charge in [-0.25, -0.2) is 17.5 Å². The zero-order valence-electron chi connectivity index (χ0n) is 12.1. The zero-order chi connectivity index (χ0) is 15.2. The second-order valence-electron chi connectivity index (χ2n) is 4.86. The quantitative estimate of drug-likeness (QED) is 0.725. The highest BCUT2D eigenvalue weighted by Gasteiger charge is 2.19. The van der Waals surface area contributed by atoms with Crippen LogP contribution in [0.25, 0.3) is 0 Å². The monoisotopic (exact) mass is 302 g/mol. The van der Waals surface area contributed by atoms with E-state index in [0.717, 1.165) is 25.7 Å². The molecule has 1 rings (SSSR count). The summed E-state index contributed by atoms with van der Waals surface area (Å²) in [7, 11) is -3.68. The molecule has 20 heavy (non-hydrogen) atoms. The summed E-state index contributed by atoms with van der Waals surface area (Å²) < 4.78 is 40.6. The lowest BCUT2D eigenvalue weighted by Gasteiger charge is -2.11. The first-order valence-electron chi connectivity index (χ1n) is 6.91. The van der Waals surface area contributed by atoms with E-state index >= 15 is 0 Å². The number of unbranched alkanes of at least 4 members (excludes halogenated alkanes) is 3. The SMILES string of the molecule is CCCCCCNS(=O)(=O)c1cc(CN)cc(F)c1C. The van der Waals surface area contributed by atoms with Crippen LogP contribution in [0.1, 0.15) is 43.7 Å². The Kier molecular flexibility index (Phi) is 6.58. The second-order valence-corrected chi connectivity index (χ2v) is 6.60. The molecule has 0 atom stereocenters. The Morgan fingerprint density at radius 2 is 1.95 bits per heavy atom. The smallest absolute Gasteiger partial charge is 0.240 e. The molecule has 4 nitrogen and oxygen atoms in total. The van der Waals surface area contributed by atoms with Gasteiger partial charge in [-0.2, -0.15) is 0 Å². The Hall–Kier alpha value is -0.980. The Morgan fingerprint density at radius 1 is 1.25 bits per heavy atom. The zero-order valence-corrected chi connectivity index (χ0v) is 12.9. The van der Waals surface area contributed by atoms with Gasteiger partial charge in [0.1, 0.15) is 5.82 Å². The van der Waals surface area contributed by atoms with Crippen molar-refractivity contribution < 1.29 is 12.8 Å². The van der Waals surface area contributed by atoms with E-state index in [0.29, 0.717) is 12.1 Å². The summed E-state index contributed by atoms with van der Waals surface area (Å²) >= 11 is 0. The molecule has 0 spiro atoms.